The highest BCUT2D eigenvalue weighted by Gasteiger charge is 2.26. The molecule has 0 saturated heterocycles. The number of benzene rings is 1. The number of nitrogens with one attached hydrogen (secondary N) is 1. The van der Waals surface area contributed by atoms with Crippen molar-refractivity contribution >= 4 is 10.9 Å². The zero-order chi connectivity index (χ0) is 12.9. The summed E-state index contributed by atoms with van der Waals surface area (Å²) in [6.07, 6.45) is 14.3. The number of rotatable bonds is 0. The molecule has 1 aromatic carbocycles. The molecule has 1 aromatic heterocycles. The molecule has 19 heavy (non-hydrogen) atoms. The second-order valence-corrected chi connectivity index (χ2v) is 6.15. The zero-order valence-corrected chi connectivity index (χ0v) is 11.8. The van der Waals surface area contributed by atoms with Gasteiger partial charge in [0.1, 0.15) is 0 Å². The maximum atomic E-state index is 3.12. The van der Waals surface area contributed by atoms with Gasteiger partial charge in [-0.2, -0.15) is 0 Å². The molecule has 0 spiro atoms. The Hall–Kier alpha value is -1.24. The van der Waals surface area contributed by atoms with Gasteiger partial charge in [0.05, 0.1) is 0 Å². The Morgan fingerprint density at radius 2 is 1.32 bits per heavy atom. The fraction of sp³-hybridized carbons (Fsp3) is 0.556. The van der Waals surface area contributed by atoms with E-state index in [9.17, 15) is 0 Å². The van der Waals surface area contributed by atoms with Gasteiger partial charge in [-0.1, -0.05) is 69.6 Å². The summed E-state index contributed by atoms with van der Waals surface area (Å²) in [4.78, 5) is 3.12. The molecule has 1 N–H and O–H groups in total. The molecule has 0 bridgehead atoms. The maximum absolute atomic E-state index is 3.12. The molecule has 4 rings (SSSR count). The summed E-state index contributed by atoms with van der Waals surface area (Å²) in [6.45, 7) is 0. The van der Waals surface area contributed by atoms with Crippen molar-refractivity contribution in [2.24, 2.45) is 11.8 Å². The molecule has 2 fully saturated rings. The van der Waals surface area contributed by atoms with Crippen LogP contribution in [0.25, 0.3) is 10.9 Å². The largest absolute Gasteiger partial charge is 0.361 e. The summed E-state index contributed by atoms with van der Waals surface area (Å²) in [6, 6.07) is 10.3. The molecule has 1 heterocycles. The van der Waals surface area contributed by atoms with Crippen LogP contribution in [0.1, 0.15) is 51.4 Å². The van der Waals surface area contributed by atoms with Gasteiger partial charge < -0.3 is 4.98 Å². The van der Waals surface area contributed by atoms with Gasteiger partial charge in [0, 0.05) is 11.7 Å². The van der Waals surface area contributed by atoms with E-state index in [4.69, 9.17) is 0 Å². The van der Waals surface area contributed by atoms with E-state index in [1.165, 1.54) is 36.6 Å². The third-order valence-electron chi connectivity index (χ3n) is 4.93. The molecule has 0 aliphatic heterocycles. The molecule has 0 radical (unpaired) electrons. The van der Waals surface area contributed by atoms with Gasteiger partial charge in [-0.25, -0.2) is 0 Å². The van der Waals surface area contributed by atoms with E-state index < -0.39 is 0 Å². The van der Waals surface area contributed by atoms with Gasteiger partial charge in [0.15, 0.2) is 0 Å². The van der Waals surface area contributed by atoms with Crippen LogP contribution < -0.4 is 0 Å². The lowest BCUT2D eigenvalue weighted by Crippen LogP contribution is -2.22. The van der Waals surface area contributed by atoms with E-state index in [1.54, 1.807) is 25.7 Å². The van der Waals surface area contributed by atoms with Crippen molar-refractivity contribution in [1.82, 2.24) is 4.98 Å². The van der Waals surface area contributed by atoms with Crippen LogP contribution in [0.3, 0.4) is 0 Å². The fourth-order valence-electron chi connectivity index (χ4n) is 3.85. The van der Waals surface area contributed by atoms with Gasteiger partial charge in [-0.3, -0.25) is 0 Å². The van der Waals surface area contributed by atoms with Crippen molar-refractivity contribution in [3.05, 3.63) is 36.5 Å². The minimum atomic E-state index is 1.16. The highest BCUT2D eigenvalue weighted by atomic mass is 14.7. The molecular weight excluding hydrogens is 230 g/mol. The number of aromatic nitrogens is 1. The van der Waals surface area contributed by atoms with E-state index in [1.807, 2.05) is 18.3 Å². The van der Waals surface area contributed by atoms with Crippen molar-refractivity contribution in [3.8, 4) is 0 Å². The number of hydrogen-bond acceptors (Lipinski definition) is 0. The second kappa shape index (κ2) is 6.27. The standard InChI is InChI=1S/C10H18.C8H7N/c1-2-6-10-8-4-3-7-9(10)5-1;1-2-4-8-7(3-1)5-6-9-8/h9-10H,1-8H2;1-6,9H/t9-,10-;. The Bertz CT molecular complexity index is 443. The Labute approximate surface area is 116 Å². The van der Waals surface area contributed by atoms with Gasteiger partial charge in [0.2, 0.25) is 0 Å². The first-order chi connectivity index (χ1) is 9.43. The minimum Gasteiger partial charge on any atom is -0.361 e. The fourth-order valence-corrected chi connectivity index (χ4v) is 3.85. The normalized spacial score (nSPS) is 26.3. The van der Waals surface area contributed by atoms with Crippen LogP contribution in [0.5, 0.6) is 0 Å². The molecule has 2 saturated carbocycles. The zero-order valence-electron chi connectivity index (χ0n) is 11.8. The molecule has 1 nitrogen and oxygen atoms in total. The monoisotopic (exact) mass is 255 g/mol. The highest BCUT2D eigenvalue weighted by Crippen LogP contribution is 2.39. The van der Waals surface area contributed by atoms with Gasteiger partial charge in [-0.05, 0) is 29.4 Å². The average molecular weight is 255 g/mol. The van der Waals surface area contributed by atoms with Crippen molar-refractivity contribution in [1.29, 1.82) is 0 Å². The first-order valence-electron chi connectivity index (χ1n) is 7.95. The summed E-state index contributed by atoms with van der Waals surface area (Å²) in [7, 11) is 0. The summed E-state index contributed by atoms with van der Waals surface area (Å²) < 4.78 is 0. The molecule has 1 heteroatoms. The van der Waals surface area contributed by atoms with Crippen LogP contribution in [0.2, 0.25) is 0 Å². The minimum absolute atomic E-state index is 1.16. The Morgan fingerprint density at radius 1 is 0.737 bits per heavy atom. The van der Waals surface area contributed by atoms with Crippen LogP contribution in [0.4, 0.5) is 0 Å². The summed E-state index contributed by atoms with van der Waals surface area (Å²) in [5.41, 5.74) is 1.21. The Morgan fingerprint density at radius 3 is 1.89 bits per heavy atom. The van der Waals surface area contributed by atoms with E-state index in [-0.39, 0.29) is 0 Å². The van der Waals surface area contributed by atoms with Crippen molar-refractivity contribution in [2.45, 2.75) is 51.4 Å². The number of para-hydroxylation sites is 1. The molecule has 0 unspecified atom stereocenters. The van der Waals surface area contributed by atoms with E-state index >= 15 is 0 Å². The maximum Gasteiger partial charge on any atom is 0.0453 e. The van der Waals surface area contributed by atoms with E-state index in [0.717, 1.165) is 11.8 Å². The van der Waals surface area contributed by atoms with Crippen LogP contribution >= 0.6 is 0 Å². The van der Waals surface area contributed by atoms with Crippen molar-refractivity contribution in [2.75, 3.05) is 0 Å². The van der Waals surface area contributed by atoms with Crippen LogP contribution in [0, 0.1) is 11.8 Å². The van der Waals surface area contributed by atoms with Crippen molar-refractivity contribution in [3.63, 3.8) is 0 Å². The van der Waals surface area contributed by atoms with Gasteiger partial charge in [-0.15, -0.1) is 0 Å². The molecular formula is C18H25N. The van der Waals surface area contributed by atoms with Gasteiger partial charge in [0.25, 0.3) is 0 Å². The average Bonchev–Trinajstić information content (AvgIpc) is 2.96. The molecule has 2 aliphatic rings. The quantitative estimate of drug-likeness (QED) is 0.636. The first-order valence-corrected chi connectivity index (χ1v) is 7.95. The SMILES string of the molecule is C1CC[C@H]2CCCC[C@@H]2C1.c1ccc2[nH]ccc2c1. The van der Waals surface area contributed by atoms with Crippen molar-refractivity contribution < 1.29 is 0 Å². The summed E-state index contributed by atoms with van der Waals surface area (Å²) in [5.74, 6) is 2.31. The number of fused-ring (bicyclic) bond motifs is 2. The predicted molar refractivity (Wildman–Crippen MR) is 82.2 cm³/mol. The molecule has 0 amide bonds. The van der Waals surface area contributed by atoms with Crippen LogP contribution in [0.15, 0.2) is 36.5 Å². The topological polar surface area (TPSA) is 15.8 Å². The number of aromatic amines is 1. The molecule has 2 aromatic rings. The lowest BCUT2D eigenvalue weighted by atomic mass is 9.71. The summed E-state index contributed by atoms with van der Waals surface area (Å²) in [5, 5.41) is 1.28. The highest BCUT2D eigenvalue weighted by molar-refractivity contribution is 5.78. The van der Waals surface area contributed by atoms with E-state index in [0.29, 0.717) is 0 Å². The van der Waals surface area contributed by atoms with Gasteiger partial charge >= 0.3 is 0 Å². The molecule has 2 aliphatic carbocycles. The number of hydrogen-bond donors (Lipinski definition) is 1. The Kier molecular flexibility index (Phi) is 4.22. The lowest BCUT2D eigenvalue weighted by molar-refractivity contribution is 0.171. The van der Waals surface area contributed by atoms with E-state index in [2.05, 4.69) is 23.2 Å². The lowest BCUT2D eigenvalue weighted by Gasteiger charge is -2.35. The molecule has 0 atom stereocenters. The predicted octanol–water partition coefficient (Wildman–Crippen LogP) is 5.53. The van der Waals surface area contributed by atoms with Crippen LogP contribution in [-0.4, -0.2) is 4.98 Å². The first kappa shape index (κ1) is 12.8. The number of H-pyrrole nitrogens is 1. The summed E-state index contributed by atoms with van der Waals surface area (Å²) >= 11 is 0. The molecule has 102 valence electrons. The second-order valence-electron chi connectivity index (χ2n) is 6.15. The van der Waals surface area contributed by atoms with Crippen LogP contribution in [-0.2, 0) is 0 Å². The Balaban J connectivity index is 0.000000117. The third kappa shape index (κ3) is 3.20. The smallest absolute Gasteiger partial charge is 0.0453 e. The third-order valence-corrected chi connectivity index (χ3v) is 4.93.